The van der Waals surface area contributed by atoms with Crippen molar-refractivity contribution in [2.75, 3.05) is 19.7 Å². The van der Waals surface area contributed by atoms with Gasteiger partial charge in [0.25, 0.3) is 5.91 Å². The number of imide groups is 1. The lowest BCUT2D eigenvalue weighted by Crippen LogP contribution is -2.48. The molecular formula is C15H19N3O5. The van der Waals surface area contributed by atoms with Crippen LogP contribution in [0.3, 0.4) is 0 Å². The number of hydrogen-bond donors (Lipinski definition) is 0. The van der Waals surface area contributed by atoms with Crippen molar-refractivity contribution < 1.29 is 23.6 Å². The third kappa shape index (κ3) is 2.93. The highest BCUT2D eigenvalue weighted by Crippen LogP contribution is 2.22. The molecular weight excluding hydrogens is 302 g/mol. The van der Waals surface area contributed by atoms with Crippen LogP contribution in [0.4, 0.5) is 4.79 Å². The number of ether oxygens (including phenoxy) is 1. The van der Waals surface area contributed by atoms with Crippen LogP contribution in [0.15, 0.2) is 4.52 Å². The molecule has 0 bridgehead atoms. The predicted octanol–water partition coefficient (Wildman–Crippen LogP) is 0.804. The molecule has 0 aliphatic carbocycles. The molecule has 8 heteroatoms. The van der Waals surface area contributed by atoms with Crippen molar-refractivity contribution in [3.63, 3.8) is 0 Å². The Kier molecular flexibility index (Phi) is 4.06. The molecule has 3 rings (SSSR count). The van der Waals surface area contributed by atoms with E-state index in [1.807, 2.05) is 6.92 Å². The van der Waals surface area contributed by atoms with Gasteiger partial charge in [-0.3, -0.25) is 9.59 Å². The van der Waals surface area contributed by atoms with Crippen LogP contribution in [-0.2, 0) is 20.7 Å². The number of hydrogen-bond acceptors (Lipinski definition) is 6. The second-order valence-electron chi connectivity index (χ2n) is 5.91. The molecule has 0 radical (unpaired) electrons. The smallest absolute Gasteiger partial charge is 0.417 e. The number of cyclic esters (lactones) is 1. The van der Waals surface area contributed by atoms with E-state index in [-0.39, 0.29) is 30.9 Å². The second-order valence-corrected chi connectivity index (χ2v) is 5.91. The van der Waals surface area contributed by atoms with Crippen LogP contribution in [0.1, 0.15) is 29.9 Å². The number of piperidine rings is 1. The van der Waals surface area contributed by atoms with Gasteiger partial charge in [0.1, 0.15) is 5.76 Å². The molecule has 0 unspecified atom stereocenters. The molecule has 0 saturated carbocycles. The first-order valence-electron chi connectivity index (χ1n) is 7.65. The molecule has 3 heterocycles. The van der Waals surface area contributed by atoms with Crippen LogP contribution >= 0.6 is 0 Å². The van der Waals surface area contributed by atoms with E-state index in [2.05, 4.69) is 5.16 Å². The average molecular weight is 321 g/mol. The van der Waals surface area contributed by atoms with Crippen molar-refractivity contribution in [3.05, 3.63) is 17.0 Å². The van der Waals surface area contributed by atoms with Crippen LogP contribution in [-0.4, -0.2) is 58.6 Å². The Bertz CT molecular complexity index is 610. The van der Waals surface area contributed by atoms with Crippen molar-refractivity contribution in [2.45, 2.75) is 39.2 Å². The number of aryl methyl sites for hydroxylation is 2. The fraction of sp³-hybridized carbons (Fsp3) is 0.600. The number of amides is 3. The normalized spacial score (nSPS) is 19.4. The summed E-state index contributed by atoms with van der Waals surface area (Å²) >= 11 is 0. The summed E-state index contributed by atoms with van der Waals surface area (Å²) in [6, 6.07) is -0.180. The van der Waals surface area contributed by atoms with Gasteiger partial charge in [0.15, 0.2) is 6.61 Å². The lowest BCUT2D eigenvalue weighted by atomic mass is 10.0. The maximum atomic E-state index is 12.4. The van der Waals surface area contributed by atoms with E-state index in [1.165, 1.54) is 4.90 Å². The Hall–Kier alpha value is -2.38. The zero-order valence-corrected chi connectivity index (χ0v) is 13.2. The minimum Gasteiger partial charge on any atom is -0.439 e. The molecule has 3 amide bonds. The first-order valence-corrected chi connectivity index (χ1v) is 7.65. The minimum atomic E-state index is -0.574. The number of rotatable bonds is 3. The van der Waals surface area contributed by atoms with Gasteiger partial charge in [0.05, 0.1) is 12.1 Å². The molecule has 1 aromatic heterocycles. The number of nitrogens with zero attached hydrogens (tertiary/aromatic N) is 3. The highest BCUT2D eigenvalue weighted by atomic mass is 16.6. The highest BCUT2D eigenvalue weighted by molar-refractivity contribution is 5.98. The zero-order valence-electron chi connectivity index (χ0n) is 13.2. The van der Waals surface area contributed by atoms with E-state index in [9.17, 15) is 14.4 Å². The van der Waals surface area contributed by atoms with Gasteiger partial charge in [-0.1, -0.05) is 5.16 Å². The summed E-state index contributed by atoms with van der Waals surface area (Å²) < 4.78 is 9.82. The third-order valence-corrected chi connectivity index (χ3v) is 4.48. The number of aromatic nitrogens is 1. The molecule has 0 spiro atoms. The van der Waals surface area contributed by atoms with Crippen LogP contribution < -0.4 is 0 Å². The Morgan fingerprint density at radius 1 is 1.26 bits per heavy atom. The van der Waals surface area contributed by atoms with Gasteiger partial charge in [-0.15, -0.1) is 0 Å². The van der Waals surface area contributed by atoms with E-state index >= 15 is 0 Å². The Morgan fingerprint density at radius 2 is 1.96 bits per heavy atom. The van der Waals surface area contributed by atoms with Crippen molar-refractivity contribution in [1.82, 2.24) is 15.0 Å². The molecule has 124 valence electrons. The van der Waals surface area contributed by atoms with Gasteiger partial charge in [0, 0.05) is 24.7 Å². The van der Waals surface area contributed by atoms with E-state index < -0.39 is 6.09 Å². The van der Waals surface area contributed by atoms with Crippen LogP contribution in [0, 0.1) is 13.8 Å². The number of carbonyl (C=O) groups is 3. The summed E-state index contributed by atoms with van der Waals surface area (Å²) in [5.41, 5.74) is 1.56. The molecule has 0 aromatic carbocycles. The lowest BCUT2D eigenvalue weighted by molar-refractivity contribution is -0.132. The summed E-state index contributed by atoms with van der Waals surface area (Å²) in [6.07, 6.45) is 0.842. The van der Waals surface area contributed by atoms with Crippen molar-refractivity contribution in [1.29, 1.82) is 0 Å². The predicted molar refractivity (Wildman–Crippen MR) is 77.5 cm³/mol. The molecule has 8 nitrogen and oxygen atoms in total. The Balaban J connectivity index is 1.57. The summed E-state index contributed by atoms with van der Waals surface area (Å²) in [4.78, 5) is 38.6. The number of carbonyl (C=O) groups excluding carboxylic acids is 3. The first kappa shape index (κ1) is 15.5. The maximum absolute atomic E-state index is 12.4. The van der Waals surface area contributed by atoms with Crippen molar-refractivity contribution >= 4 is 17.9 Å². The van der Waals surface area contributed by atoms with Crippen molar-refractivity contribution in [3.8, 4) is 0 Å². The molecule has 2 aliphatic heterocycles. The van der Waals surface area contributed by atoms with Gasteiger partial charge < -0.3 is 14.2 Å². The monoisotopic (exact) mass is 321 g/mol. The fourth-order valence-electron chi connectivity index (χ4n) is 3.11. The summed E-state index contributed by atoms with van der Waals surface area (Å²) in [5.74, 6) is 0.375. The largest absolute Gasteiger partial charge is 0.439 e. The van der Waals surface area contributed by atoms with Gasteiger partial charge in [-0.05, 0) is 26.7 Å². The van der Waals surface area contributed by atoms with Gasteiger partial charge in [0.2, 0.25) is 5.91 Å². The summed E-state index contributed by atoms with van der Waals surface area (Å²) in [6.45, 7) is 4.47. The summed E-state index contributed by atoms with van der Waals surface area (Å²) in [5, 5.41) is 3.85. The number of likely N-dealkylation sites (tertiary alicyclic amines) is 1. The summed E-state index contributed by atoms with van der Waals surface area (Å²) in [7, 11) is 0. The highest BCUT2D eigenvalue weighted by Gasteiger charge is 2.39. The lowest BCUT2D eigenvalue weighted by Gasteiger charge is -2.34. The molecule has 0 atom stereocenters. The van der Waals surface area contributed by atoms with Gasteiger partial charge in [-0.2, -0.15) is 0 Å². The van der Waals surface area contributed by atoms with Crippen LogP contribution in [0.5, 0.6) is 0 Å². The average Bonchev–Trinajstić information content (AvgIpc) is 3.03. The topological polar surface area (TPSA) is 93.0 Å². The Morgan fingerprint density at radius 3 is 2.48 bits per heavy atom. The van der Waals surface area contributed by atoms with Gasteiger partial charge >= 0.3 is 6.09 Å². The molecule has 23 heavy (non-hydrogen) atoms. The quantitative estimate of drug-likeness (QED) is 0.817. The van der Waals surface area contributed by atoms with Crippen molar-refractivity contribution in [2.24, 2.45) is 0 Å². The van der Waals surface area contributed by atoms with Crippen LogP contribution in [0.2, 0.25) is 0 Å². The molecule has 2 aliphatic rings. The zero-order chi connectivity index (χ0) is 16.6. The van der Waals surface area contributed by atoms with E-state index in [0.717, 1.165) is 11.3 Å². The molecule has 2 saturated heterocycles. The molecule has 0 N–H and O–H groups in total. The first-order chi connectivity index (χ1) is 11.0. The Labute approximate surface area is 133 Å². The van der Waals surface area contributed by atoms with Crippen LogP contribution in [0.25, 0.3) is 0 Å². The van der Waals surface area contributed by atoms with E-state index in [4.69, 9.17) is 9.26 Å². The molecule has 2 fully saturated rings. The SMILES string of the molecule is Cc1noc(C)c1CC(=O)N1CCC(N2C(=O)COC2=O)CC1. The minimum absolute atomic E-state index is 0.00757. The third-order valence-electron chi connectivity index (χ3n) is 4.48. The van der Waals surface area contributed by atoms with E-state index in [1.54, 1.807) is 11.8 Å². The maximum Gasteiger partial charge on any atom is 0.417 e. The molecule has 1 aromatic rings. The fourth-order valence-corrected chi connectivity index (χ4v) is 3.11. The van der Waals surface area contributed by atoms with Gasteiger partial charge in [-0.25, -0.2) is 9.69 Å². The standard InChI is InChI=1S/C15H19N3O5/c1-9-12(10(2)23-16-9)7-13(19)17-5-3-11(4-6-17)18-14(20)8-22-15(18)21/h11H,3-8H2,1-2H3. The second kappa shape index (κ2) is 6.02. The van der Waals surface area contributed by atoms with E-state index in [0.29, 0.717) is 31.7 Å².